The number of allylic oxidation sites excluding steroid dienone is 4. The largest absolute Gasteiger partial charge is 0.497 e. The summed E-state index contributed by atoms with van der Waals surface area (Å²) in [4.78, 5) is 30.9. The number of benzene rings is 5. The molecule has 1 unspecified atom stereocenters. The van der Waals surface area contributed by atoms with Gasteiger partial charge in [0.25, 0.3) is 5.91 Å². The molecule has 1 atom stereocenters. The number of nitrogens with one attached hydrogen (secondary N) is 1. The van der Waals surface area contributed by atoms with Crippen molar-refractivity contribution >= 4 is 96.7 Å². The number of para-hydroxylation sites is 2. The normalized spacial score (nSPS) is 18.1. The molecule has 0 aromatic heterocycles. The number of hydrogen-bond donors (Lipinski definition) is 1. The van der Waals surface area contributed by atoms with E-state index in [0.29, 0.717) is 19.1 Å². The van der Waals surface area contributed by atoms with Gasteiger partial charge in [0.15, 0.2) is 4.32 Å². The van der Waals surface area contributed by atoms with Crippen molar-refractivity contribution in [3.8, 4) is 11.8 Å². The first-order valence-electron chi connectivity index (χ1n) is 18.2. The number of thiocarbonyl (C=S) groups is 2. The second-order valence-electron chi connectivity index (χ2n) is 13.0. The first-order valence-corrected chi connectivity index (χ1v) is 20.7. The summed E-state index contributed by atoms with van der Waals surface area (Å²) >= 11 is 14.0. The highest BCUT2D eigenvalue weighted by Crippen LogP contribution is 2.43. The fourth-order valence-electron chi connectivity index (χ4n) is 6.63. The molecule has 0 saturated carbocycles. The topological polar surface area (TPSA) is 85.7 Å². The van der Waals surface area contributed by atoms with Crippen molar-refractivity contribution in [3.63, 3.8) is 0 Å². The average Bonchev–Trinajstić information content (AvgIpc) is 3.69. The maximum atomic E-state index is 13.5. The molecule has 2 saturated heterocycles. The Morgan fingerprint density at radius 2 is 1.33 bits per heavy atom. The van der Waals surface area contributed by atoms with Gasteiger partial charge in [0, 0.05) is 11.4 Å². The zero-order valence-corrected chi connectivity index (χ0v) is 34.1. The Hall–Kier alpha value is -5.77. The number of ether oxygens (including phenoxy) is 1. The van der Waals surface area contributed by atoms with E-state index in [1.807, 2.05) is 121 Å². The van der Waals surface area contributed by atoms with Gasteiger partial charge in [0.05, 0.1) is 35.0 Å². The smallest absolute Gasteiger partial charge is 0.270 e. The molecular weight excluding hydrogens is 785 g/mol. The summed E-state index contributed by atoms with van der Waals surface area (Å²) in [7, 11) is 1.64. The number of nitriles is 1. The molecule has 2 aliphatic heterocycles. The van der Waals surface area contributed by atoms with Crippen molar-refractivity contribution in [1.29, 1.82) is 5.26 Å². The van der Waals surface area contributed by atoms with Gasteiger partial charge in [0.2, 0.25) is 5.91 Å². The van der Waals surface area contributed by atoms with E-state index in [1.165, 1.54) is 23.5 Å². The molecule has 282 valence electrons. The Labute approximate surface area is 351 Å². The van der Waals surface area contributed by atoms with Gasteiger partial charge in [-0.3, -0.25) is 19.4 Å². The van der Waals surface area contributed by atoms with Crippen LogP contribution in [0.2, 0.25) is 0 Å². The third-order valence-corrected chi connectivity index (χ3v) is 12.1. The summed E-state index contributed by atoms with van der Waals surface area (Å²) in [6, 6.07) is 46.3. The van der Waals surface area contributed by atoms with E-state index in [1.54, 1.807) is 29.0 Å². The summed E-state index contributed by atoms with van der Waals surface area (Å²) in [5.41, 5.74) is 8.47. The van der Waals surface area contributed by atoms with Crippen LogP contribution in [-0.2, 0) is 9.59 Å². The fourth-order valence-corrected chi connectivity index (χ4v) is 9.40. The van der Waals surface area contributed by atoms with E-state index >= 15 is 0 Å². The van der Waals surface area contributed by atoms with Gasteiger partial charge in [-0.1, -0.05) is 121 Å². The highest BCUT2D eigenvalue weighted by Gasteiger charge is 2.38. The predicted molar refractivity (Wildman–Crippen MR) is 243 cm³/mol. The van der Waals surface area contributed by atoms with Crippen molar-refractivity contribution in [1.82, 2.24) is 0 Å². The second-order valence-corrected chi connectivity index (χ2v) is 16.5. The SMILES string of the molecule is COc1ccc(Nc2ccc(C#N)cc2)cc1.O=C1/C(=C/C2=C(c3ccccc3)C(=CC3SC(=S)N(c4ccccc4)C3=O)CCC2)SC(=S)N1c1ccccc1. The average molecular weight is 821 g/mol. The third-order valence-electron chi connectivity index (χ3n) is 9.34. The zero-order valence-electron chi connectivity index (χ0n) is 30.8. The summed E-state index contributed by atoms with van der Waals surface area (Å²) in [5, 5.41) is 11.5. The second kappa shape index (κ2) is 18.4. The molecule has 1 aliphatic carbocycles. The van der Waals surface area contributed by atoms with Gasteiger partial charge in [-0.15, -0.1) is 0 Å². The molecular formula is C46H36N4O3S4. The van der Waals surface area contributed by atoms with E-state index in [0.717, 1.165) is 70.0 Å². The number of hydrogen-bond acceptors (Lipinski definition) is 9. The number of amides is 2. The Morgan fingerprint density at radius 3 is 1.93 bits per heavy atom. The van der Waals surface area contributed by atoms with Gasteiger partial charge in [-0.2, -0.15) is 5.26 Å². The van der Waals surface area contributed by atoms with Crippen molar-refractivity contribution < 1.29 is 14.3 Å². The lowest BCUT2D eigenvalue weighted by Crippen LogP contribution is -2.30. The van der Waals surface area contributed by atoms with Gasteiger partial charge in [-0.25, -0.2) is 0 Å². The molecule has 2 amide bonds. The molecule has 5 aromatic carbocycles. The van der Waals surface area contributed by atoms with E-state index in [2.05, 4.69) is 29.6 Å². The lowest BCUT2D eigenvalue weighted by Gasteiger charge is -2.23. The van der Waals surface area contributed by atoms with Crippen molar-refractivity contribution in [3.05, 3.63) is 179 Å². The van der Waals surface area contributed by atoms with Crippen LogP contribution in [0.5, 0.6) is 5.75 Å². The minimum Gasteiger partial charge on any atom is -0.497 e. The lowest BCUT2D eigenvalue weighted by molar-refractivity contribution is -0.116. The molecule has 0 bridgehead atoms. The summed E-state index contributed by atoms with van der Waals surface area (Å²) < 4.78 is 6.17. The quantitative estimate of drug-likeness (QED) is 0.121. The third kappa shape index (κ3) is 9.28. The van der Waals surface area contributed by atoms with Crippen LogP contribution < -0.4 is 19.9 Å². The maximum Gasteiger partial charge on any atom is 0.270 e. The van der Waals surface area contributed by atoms with Crippen LogP contribution in [0.15, 0.2) is 168 Å². The Bertz CT molecular complexity index is 2430. The van der Waals surface area contributed by atoms with Crippen molar-refractivity contribution in [2.45, 2.75) is 24.5 Å². The van der Waals surface area contributed by atoms with Crippen LogP contribution >= 0.6 is 48.0 Å². The molecule has 3 aliphatic rings. The summed E-state index contributed by atoms with van der Waals surface area (Å²) in [6.07, 6.45) is 6.67. The van der Waals surface area contributed by atoms with Crippen LogP contribution in [0, 0.1) is 11.3 Å². The summed E-state index contributed by atoms with van der Waals surface area (Å²) in [6.45, 7) is 0. The highest BCUT2D eigenvalue weighted by molar-refractivity contribution is 8.27. The molecule has 11 heteroatoms. The van der Waals surface area contributed by atoms with Crippen LogP contribution in [0.3, 0.4) is 0 Å². The van der Waals surface area contributed by atoms with E-state index in [4.69, 9.17) is 34.4 Å². The molecule has 5 aromatic rings. The van der Waals surface area contributed by atoms with Crippen LogP contribution in [0.25, 0.3) is 5.57 Å². The minimum absolute atomic E-state index is 0.0306. The Kier molecular flexibility index (Phi) is 12.8. The number of nitrogens with zero attached hydrogens (tertiary/aromatic N) is 3. The number of anilines is 4. The maximum absolute atomic E-state index is 13.5. The number of carbonyl (C=O) groups excluding carboxylic acids is 2. The van der Waals surface area contributed by atoms with Gasteiger partial charge in [0.1, 0.15) is 15.3 Å². The summed E-state index contributed by atoms with van der Waals surface area (Å²) in [5.74, 6) is 0.690. The standard InChI is InChI=1S/C32H24N2O2S4.C14H12N2O/c35-29-26(39-31(37)33(29)24-15-6-2-7-16-24)19-22-13-10-14-23(28(22)21-11-4-1-5-12-21)20-27-30(36)34(32(38)40-27)25-17-8-3-9-18-25;1-17-14-8-6-13(7-9-14)16-12-4-2-11(10-15)3-5-12/h1-9,11-12,15-20,26H,10,13-14H2;2-9,16H,1H3/b22-19?,27-20-;. The van der Waals surface area contributed by atoms with E-state index in [-0.39, 0.29) is 11.8 Å². The number of methoxy groups -OCH3 is 1. The Morgan fingerprint density at radius 1 is 0.754 bits per heavy atom. The predicted octanol–water partition coefficient (Wildman–Crippen LogP) is 11.2. The molecule has 1 N–H and O–H groups in total. The molecule has 7 nitrogen and oxygen atoms in total. The molecule has 2 heterocycles. The van der Waals surface area contributed by atoms with Gasteiger partial charge < -0.3 is 10.1 Å². The van der Waals surface area contributed by atoms with Crippen molar-refractivity contribution in [2.75, 3.05) is 22.2 Å². The Balaban J connectivity index is 0.000000244. The minimum atomic E-state index is -0.406. The number of thioether (sulfide) groups is 2. The monoisotopic (exact) mass is 820 g/mol. The molecule has 2 fully saturated rings. The van der Waals surface area contributed by atoms with Crippen LogP contribution in [0.4, 0.5) is 22.7 Å². The highest BCUT2D eigenvalue weighted by atomic mass is 32.2. The number of rotatable bonds is 8. The fraction of sp³-hybridized carbons (Fsp3) is 0.109. The zero-order chi connectivity index (χ0) is 39.7. The molecule has 0 radical (unpaired) electrons. The molecule has 57 heavy (non-hydrogen) atoms. The lowest BCUT2D eigenvalue weighted by atomic mass is 9.82. The van der Waals surface area contributed by atoms with Gasteiger partial charge in [-0.05, 0) is 120 Å². The molecule has 0 spiro atoms. The van der Waals surface area contributed by atoms with Crippen molar-refractivity contribution in [2.24, 2.45) is 0 Å². The number of carbonyl (C=O) groups is 2. The van der Waals surface area contributed by atoms with E-state index < -0.39 is 5.25 Å². The van der Waals surface area contributed by atoms with Crippen LogP contribution in [0.1, 0.15) is 30.4 Å². The first-order chi connectivity index (χ1) is 27.8. The van der Waals surface area contributed by atoms with E-state index in [9.17, 15) is 9.59 Å². The molecule has 8 rings (SSSR count). The van der Waals surface area contributed by atoms with Gasteiger partial charge >= 0.3 is 0 Å². The van der Waals surface area contributed by atoms with Crippen LogP contribution in [-0.4, -0.2) is 32.8 Å². The first kappa shape index (κ1) is 39.5.